The van der Waals surface area contributed by atoms with Gasteiger partial charge in [-0.15, -0.1) is 0 Å². The Hall–Kier alpha value is -0.120. The first-order chi connectivity index (χ1) is 8.27. The third-order valence-corrected chi connectivity index (χ3v) is 3.86. The molecule has 0 aromatic rings. The second-order valence-electron chi connectivity index (χ2n) is 5.42. The van der Waals surface area contributed by atoms with Gasteiger partial charge in [0.15, 0.2) is 0 Å². The average Bonchev–Trinajstić information content (AvgIpc) is 2.63. The van der Waals surface area contributed by atoms with Crippen LogP contribution >= 0.6 is 0 Å². The largest absolute Gasteiger partial charge is 0.395 e. The van der Waals surface area contributed by atoms with E-state index in [4.69, 9.17) is 0 Å². The highest BCUT2D eigenvalue weighted by atomic mass is 16.3. The van der Waals surface area contributed by atoms with E-state index in [9.17, 15) is 5.11 Å². The molecule has 0 spiro atoms. The number of aliphatic hydroxyl groups is 1. The van der Waals surface area contributed by atoms with Gasteiger partial charge in [-0.1, -0.05) is 32.6 Å². The van der Waals surface area contributed by atoms with Gasteiger partial charge in [-0.25, -0.2) is 0 Å². The fourth-order valence-corrected chi connectivity index (χ4v) is 2.73. The van der Waals surface area contributed by atoms with Crippen LogP contribution in [0.1, 0.15) is 51.9 Å². The average molecular weight is 242 g/mol. The third-order valence-electron chi connectivity index (χ3n) is 3.86. The molecule has 1 atom stereocenters. The molecule has 3 nitrogen and oxygen atoms in total. The first-order valence-electron chi connectivity index (χ1n) is 7.32. The smallest absolute Gasteiger partial charge is 0.0597 e. The van der Waals surface area contributed by atoms with Gasteiger partial charge < -0.3 is 15.3 Å². The predicted molar refractivity (Wildman–Crippen MR) is 73.3 cm³/mol. The van der Waals surface area contributed by atoms with Crippen molar-refractivity contribution >= 4 is 0 Å². The SMILES string of the molecule is CCCNC(CO)CN(C)C1CCCCCC1. The Labute approximate surface area is 107 Å². The quantitative estimate of drug-likeness (QED) is 0.670. The van der Waals surface area contributed by atoms with Crippen molar-refractivity contribution in [2.75, 3.05) is 26.7 Å². The topological polar surface area (TPSA) is 35.5 Å². The van der Waals surface area contributed by atoms with Crippen LogP contribution in [-0.4, -0.2) is 48.8 Å². The minimum Gasteiger partial charge on any atom is -0.395 e. The van der Waals surface area contributed by atoms with E-state index in [2.05, 4.69) is 24.2 Å². The summed E-state index contributed by atoms with van der Waals surface area (Å²) < 4.78 is 0. The Morgan fingerprint density at radius 1 is 1.24 bits per heavy atom. The molecule has 102 valence electrons. The summed E-state index contributed by atoms with van der Waals surface area (Å²) in [5, 5.41) is 12.8. The van der Waals surface area contributed by atoms with Gasteiger partial charge in [0, 0.05) is 18.6 Å². The van der Waals surface area contributed by atoms with E-state index in [1.54, 1.807) is 0 Å². The van der Waals surface area contributed by atoms with Crippen molar-refractivity contribution < 1.29 is 5.11 Å². The zero-order valence-electron chi connectivity index (χ0n) is 11.6. The van der Waals surface area contributed by atoms with Crippen molar-refractivity contribution in [2.45, 2.75) is 64.0 Å². The summed E-state index contributed by atoms with van der Waals surface area (Å²) in [7, 11) is 2.21. The molecule has 1 aliphatic carbocycles. The first kappa shape index (κ1) is 14.9. The summed E-state index contributed by atoms with van der Waals surface area (Å²) in [5.74, 6) is 0. The fraction of sp³-hybridized carbons (Fsp3) is 1.00. The van der Waals surface area contributed by atoms with Crippen LogP contribution in [0, 0.1) is 0 Å². The van der Waals surface area contributed by atoms with Crippen molar-refractivity contribution in [3.8, 4) is 0 Å². The Balaban J connectivity index is 2.31. The molecule has 3 heteroatoms. The van der Waals surface area contributed by atoms with Gasteiger partial charge in [0.2, 0.25) is 0 Å². The van der Waals surface area contributed by atoms with Crippen molar-refractivity contribution in [3.05, 3.63) is 0 Å². The molecule has 0 radical (unpaired) electrons. The van der Waals surface area contributed by atoms with Crippen LogP contribution in [0.2, 0.25) is 0 Å². The molecule has 0 bridgehead atoms. The van der Waals surface area contributed by atoms with Gasteiger partial charge in [0.1, 0.15) is 0 Å². The molecule has 2 N–H and O–H groups in total. The standard InChI is InChI=1S/C14H30N2O/c1-3-10-15-13(12-17)11-16(2)14-8-6-4-5-7-9-14/h13-15,17H,3-12H2,1-2H3. The third kappa shape index (κ3) is 5.84. The molecule has 17 heavy (non-hydrogen) atoms. The number of hydrogen-bond acceptors (Lipinski definition) is 3. The summed E-state index contributed by atoms with van der Waals surface area (Å²) in [6.07, 6.45) is 9.36. The summed E-state index contributed by atoms with van der Waals surface area (Å²) in [6.45, 7) is 4.39. The second-order valence-corrected chi connectivity index (χ2v) is 5.42. The van der Waals surface area contributed by atoms with Crippen LogP contribution in [-0.2, 0) is 0 Å². The van der Waals surface area contributed by atoms with Crippen LogP contribution in [0.25, 0.3) is 0 Å². The van der Waals surface area contributed by atoms with E-state index >= 15 is 0 Å². The Morgan fingerprint density at radius 3 is 2.41 bits per heavy atom. The molecule has 0 saturated heterocycles. The number of likely N-dealkylation sites (N-methyl/N-ethyl adjacent to an activating group) is 1. The molecule has 1 unspecified atom stereocenters. The Morgan fingerprint density at radius 2 is 1.88 bits per heavy atom. The van der Waals surface area contributed by atoms with Gasteiger partial charge in [-0.2, -0.15) is 0 Å². The molecular formula is C14H30N2O. The molecule has 1 saturated carbocycles. The monoisotopic (exact) mass is 242 g/mol. The van der Waals surface area contributed by atoms with E-state index < -0.39 is 0 Å². The minimum atomic E-state index is 0.239. The van der Waals surface area contributed by atoms with E-state index in [0.29, 0.717) is 0 Å². The normalized spacial score (nSPS) is 20.5. The zero-order valence-corrected chi connectivity index (χ0v) is 11.6. The van der Waals surface area contributed by atoms with E-state index in [1.165, 1.54) is 38.5 Å². The van der Waals surface area contributed by atoms with Crippen LogP contribution in [0.3, 0.4) is 0 Å². The van der Waals surface area contributed by atoms with E-state index in [-0.39, 0.29) is 12.6 Å². The summed E-state index contributed by atoms with van der Waals surface area (Å²) in [4.78, 5) is 2.45. The predicted octanol–water partition coefficient (Wildman–Crippen LogP) is 2.00. The molecule has 0 heterocycles. The molecule has 0 aromatic heterocycles. The summed E-state index contributed by atoms with van der Waals surface area (Å²) >= 11 is 0. The molecule has 0 aromatic carbocycles. The zero-order chi connectivity index (χ0) is 12.5. The molecule has 0 amide bonds. The molecule has 1 aliphatic rings. The van der Waals surface area contributed by atoms with Gasteiger partial charge in [-0.05, 0) is 32.9 Å². The maximum absolute atomic E-state index is 9.37. The summed E-state index contributed by atoms with van der Waals surface area (Å²) in [6, 6.07) is 0.971. The van der Waals surface area contributed by atoms with E-state index in [1.807, 2.05) is 0 Å². The number of nitrogens with one attached hydrogen (secondary N) is 1. The van der Waals surface area contributed by atoms with Crippen molar-refractivity contribution in [1.29, 1.82) is 0 Å². The number of nitrogens with zero attached hydrogens (tertiary/aromatic N) is 1. The highest BCUT2D eigenvalue weighted by molar-refractivity contribution is 4.77. The number of hydrogen-bond donors (Lipinski definition) is 2. The van der Waals surface area contributed by atoms with Gasteiger partial charge >= 0.3 is 0 Å². The lowest BCUT2D eigenvalue weighted by Crippen LogP contribution is -2.45. The van der Waals surface area contributed by atoms with Crippen LogP contribution in [0.15, 0.2) is 0 Å². The van der Waals surface area contributed by atoms with Crippen LogP contribution in [0.4, 0.5) is 0 Å². The molecule has 0 aliphatic heterocycles. The van der Waals surface area contributed by atoms with Crippen molar-refractivity contribution in [2.24, 2.45) is 0 Å². The number of rotatable bonds is 7. The van der Waals surface area contributed by atoms with Gasteiger partial charge in [0.05, 0.1) is 6.61 Å². The van der Waals surface area contributed by atoms with Crippen molar-refractivity contribution in [1.82, 2.24) is 10.2 Å². The second kappa shape index (κ2) is 8.90. The maximum Gasteiger partial charge on any atom is 0.0597 e. The fourth-order valence-electron chi connectivity index (χ4n) is 2.73. The molecule has 1 fully saturated rings. The van der Waals surface area contributed by atoms with Crippen LogP contribution < -0.4 is 5.32 Å². The molecule has 1 rings (SSSR count). The maximum atomic E-state index is 9.37. The lowest BCUT2D eigenvalue weighted by Gasteiger charge is -2.30. The highest BCUT2D eigenvalue weighted by Crippen LogP contribution is 2.20. The van der Waals surface area contributed by atoms with Gasteiger partial charge in [0.25, 0.3) is 0 Å². The molecular weight excluding hydrogens is 212 g/mol. The van der Waals surface area contributed by atoms with Crippen molar-refractivity contribution in [3.63, 3.8) is 0 Å². The number of aliphatic hydroxyl groups excluding tert-OH is 1. The Kier molecular flexibility index (Phi) is 7.82. The summed E-state index contributed by atoms with van der Waals surface area (Å²) in [5.41, 5.74) is 0. The van der Waals surface area contributed by atoms with E-state index in [0.717, 1.165) is 25.6 Å². The van der Waals surface area contributed by atoms with Gasteiger partial charge in [-0.3, -0.25) is 0 Å². The lowest BCUT2D eigenvalue weighted by atomic mass is 10.1. The first-order valence-corrected chi connectivity index (χ1v) is 7.32. The minimum absolute atomic E-state index is 0.239. The highest BCUT2D eigenvalue weighted by Gasteiger charge is 2.19. The van der Waals surface area contributed by atoms with Crippen LogP contribution in [0.5, 0.6) is 0 Å². The lowest BCUT2D eigenvalue weighted by molar-refractivity contribution is 0.160. The Bertz CT molecular complexity index is 179.